The molecule has 0 atom stereocenters. The minimum atomic E-state index is -0.571. The smallest absolute Gasteiger partial charge is 0.342 e. The van der Waals surface area contributed by atoms with E-state index in [4.69, 9.17) is 0 Å². The molecule has 104 valence electrons. The molecule has 0 fully saturated rings. The second kappa shape index (κ2) is 7.31. The Hall–Kier alpha value is -2.33. The number of hydrogen-bond acceptors (Lipinski definition) is 4. The Bertz CT molecular complexity index is 612. The predicted octanol–water partition coefficient (Wildman–Crippen LogP) is 3.17. The van der Waals surface area contributed by atoms with Crippen LogP contribution >= 0.6 is 12.4 Å². The van der Waals surface area contributed by atoms with Gasteiger partial charge in [-0.2, -0.15) is 0 Å². The summed E-state index contributed by atoms with van der Waals surface area (Å²) in [4.78, 5) is 15.8. The number of nitrogens with zero attached hydrogens (tertiary/aromatic N) is 1. The lowest BCUT2D eigenvalue weighted by atomic mass is 10.1. The number of phenolic OH excluding ortho intramolecular Hbond substituents is 1. The van der Waals surface area contributed by atoms with Gasteiger partial charge in [0.1, 0.15) is 11.3 Å². The monoisotopic (exact) mass is 291 g/mol. The highest BCUT2D eigenvalue weighted by molar-refractivity contribution is 5.97. The Morgan fingerprint density at radius 3 is 2.65 bits per heavy atom. The van der Waals surface area contributed by atoms with Crippen molar-refractivity contribution in [1.29, 1.82) is 0 Å². The number of hydrogen-bond donors (Lipinski definition) is 1. The first-order valence-electron chi connectivity index (χ1n) is 5.72. The lowest BCUT2D eigenvalue weighted by Crippen LogP contribution is -2.03. The molecule has 5 heteroatoms. The molecule has 2 rings (SSSR count). The quantitative estimate of drug-likeness (QED) is 0.883. The number of aromatic nitrogens is 1. The van der Waals surface area contributed by atoms with E-state index in [1.807, 2.05) is 18.2 Å². The Labute approximate surface area is 123 Å². The van der Waals surface area contributed by atoms with E-state index in [1.54, 1.807) is 30.5 Å². The third kappa shape index (κ3) is 3.59. The molecule has 2 aromatic rings. The molecule has 4 nitrogen and oxygen atoms in total. The maximum atomic E-state index is 11.6. The van der Waals surface area contributed by atoms with Gasteiger partial charge in [0.25, 0.3) is 0 Å². The topological polar surface area (TPSA) is 59.4 Å². The highest BCUT2D eigenvalue weighted by atomic mass is 35.5. The zero-order valence-corrected chi connectivity index (χ0v) is 11.6. The van der Waals surface area contributed by atoms with Gasteiger partial charge < -0.3 is 9.84 Å². The van der Waals surface area contributed by atoms with Crippen LogP contribution in [0.4, 0.5) is 0 Å². The predicted molar refractivity (Wildman–Crippen MR) is 79.9 cm³/mol. The molecule has 0 aliphatic rings. The van der Waals surface area contributed by atoms with Crippen molar-refractivity contribution in [3.05, 3.63) is 59.4 Å². The summed E-state index contributed by atoms with van der Waals surface area (Å²) < 4.78 is 4.66. The van der Waals surface area contributed by atoms with E-state index in [9.17, 15) is 9.90 Å². The Kier molecular flexibility index (Phi) is 5.74. The molecule has 0 amide bonds. The molecule has 0 saturated carbocycles. The Balaban J connectivity index is 0.00000200. The van der Waals surface area contributed by atoms with Gasteiger partial charge in [-0.05, 0) is 29.8 Å². The van der Waals surface area contributed by atoms with E-state index in [0.717, 1.165) is 5.69 Å². The number of methoxy groups -OCH3 is 1. The van der Waals surface area contributed by atoms with Gasteiger partial charge in [-0.3, -0.25) is 4.98 Å². The molecule has 0 saturated heterocycles. The number of ether oxygens (including phenoxy) is 1. The van der Waals surface area contributed by atoms with Crippen LogP contribution in [0.25, 0.3) is 12.2 Å². The molecule has 0 radical (unpaired) electrons. The maximum absolute atomic E-state index is 11.6. The maximum Gasteiger partial charge on any atom is 0.342 e. The van der Waals surface area contributed by atoms with Gasteiger partial charge in [-0.15, -0.1) is 12.4 Å². The molecule has 0 aliphatic heterocycles. The molecule has 1 heterocycles. The van der Waals surface area contributed by atoms with E-state index in [-0.39, 0.29) is 23.7 Å². The molecule has 0 bridgehead atoms. The number of esters is 1. The van der Waals surface area contributed by atoms with Crippen LogP contribution < -0.4 is 0 Å². The number of benzene rings is 1. The van der Waals surface area contributed by atoms with Gasteiger partial charge in [0.2, 0.25) is 0 Å². The number of halogens is 1. The van der Waals surface area contributed by atoms with E-state index < -0.39 is 5.97 Å². The normalized spacial score (nSPS) is 10.1. The van der Waals surface area contributed by atoms with Gasteiger partial charge in [0, 0.05) is 6.20 Å². The zero-order chi connectivity index (χ0) is 13.7. The summed E-state index contributed by atoms with van der Waals surface area (Å²) in [6, 6.07) is 10.4. The van der Waals surface area contributed by atoms with Crippen LogP contribution in [0.15, 0.2) is 42.6 Å². The average molecular weight is 292 g/mol. The first-order valence-corrected chi connectivity index (χ1v) is 5.72. The van der Waals surface area contributed by atoms with Crippen molar-refractivity contribution in [1.82, 2.24) is 4.98 Å². The Morgan fingerprint density at radius 1 is 1.20 bits per heavy atom. The van der Waals surface area contributed by atoms with Crippen LogP contribution in [0.2, 0.25) is 0 Å². The lowest BCUT2D eigenvalue weighted by Gasteiger charge is -2.06. The fourth-order valence-corrected chi connectivity index (χ4v) is 1.67. The van der Waals surface area contributed by atoms with Crippen molar-refractivity contribution >= 4 is 30.5 Å². The number of pyridine rings is 1. The summed E-state index contributed by atoms with van der Waals surface area (Å²) in [6.07, 6.45) is 5.17. The lowest BCUT2D eigenvalue weighted by molar-refractivity contribution is 0.0597. The highest BCUT2D eigenvalue weighted by Gasteiger charge is 2.14. The van der Waals surface area contributed by atoms with E-state index in [1.165, 1.54) is 13.2 Å². The van der Waals surface area contributed by atoms with Crippen LogP contribution in [0.1, 0.15) is 21.6 Å². The van der Waals surface area contributed by atoms with Crippen LogP contribution in [-0.4, -0.2) is 23.2 Å². The molecular formula is C15H14ClNO3. The first-order chi connectivity index (χ1) is 9.22. The second-order valence-corrected chi connectivity index (χ2v) is 3.82. The fraction of sp³-hybridized carbons (Fsp3) is 0.0667. The number of rotatable bonds is 3. The van der Waals surface area contributed by atoms with Gasteiger partial charge >= 0.3 is 5.97 Å². The number of carbonyl (C=O) groups is 1. The van der Waals surface area contributed by atoms with Crippen molar-refractivity contribution in [2.45, 2.75) is 0 Å². The van der Waals surface area contributed by atoms with E-state index in [2.05, 4.69) is 9.72 Å². The van der Waals surface area contributed by atoms with Gasteiger partial charge in [0.15, 0.2) is 0 Å². The molecule has 0 spiro atoms. The van der Waals surface area contributed by atoms with E-state index in [0.29, 0.717) is 5.56 Å². The number of phenols is 1. The summed E-state index contributed by atoms with van der Waals surface area (Å²) in [5, 5.41) is 9.74. The molecule has 1 N–H and O–H groups in total. The standard InChI is InChI=1S/C15H13NO3.ClH/c1-19-15(18)14-11(5-4-7-13(14)17)8-9-12-6-2-3-10-16-12;/h2-10,17H,1H3;1H. The van der Waals surface area contributed by atoms with E-state index >= 15 is 0 Å². The third-order valence-electron chi connectivity index (χ3n) is 2.59. The summed E-state index contributed by atoms with van der Waals surface area (Å²) >= 11 is 0. The van der Waals surface area contributed by atoms with Crippen LogP contribution in [0.5, 0.6) is 5.75 Å². The summed E-state index contributed by atoms with van der Waals surface area (Å²) in [6.45, 7) is 0. The highest BCUT2D eigenvalue weighted by Crippen LogP contribution is 2.23. The number of carbonyl (C=O) groups excluding carboxylic acids is 1. The van der Waals surface area contributed by atoms with Crippen LogP contribution in [0.3, 0.4) is 0 Å². The van der Waals surface area contributed by atoms with Crippen molar-refractivity contribution in [2.24, 2.45) is 0 Å². The van der Waals surface area contributed by atoms with Crippen molar-refractivity contribution < 1.29 is 14.6 Å². The van der Waals surface area contributed by atoms with Gasteiger partial charge in [0.05, 0.1) is 12.8 Å². The van der Waals surface area contributed by atoms with Crippen molar-refractivity contribution in [3.8, 4) is 5.75 Å². The van der Waals surface area contributed by atoms with Crippen molar-refractivity contribution in [3.63, 3.8) is 0 Å². The molecular weight excluding hydrogens is 278 g/mol. The SMILES string of the molecule is COC(=O)c1c(O)cccc1C=Cc1ccccn1.Cl. The summed E-state index contributed by atoms with van der Waals surface area (Å²) in [7, 11) is 1.28. The largest absolute Gasteiger partial charge is 0.507 e. The minimum Gasteiger partial charge on any atom is -0.507 e. The fourth-order valence-electron chi connectivity index (χ4n) is 1.67. The molecule has 1 aromatic heterocycles. The minimum absolute atomic E-state index is 0. The third-order valence-corrected chi connectivity index (χ3v) is 2.59. The zero-order valence-electron chi connectivity index (χ0n) is 10.8. The molecule has 0 unspecified atom stereocenters. The second-order valence-electron chi connectivity index (χ2n) is 3.82. The van der Waals surface area contributed by atoms with Crippen molar-refractivity contribution in [2.75, 3.05) is 7.11 Å². The first kappa shape index (κ1) is 15.7. The summed E-state index contributed by atoms with van der Waals surface area (Å²) in [5.74, 6) is -0.672. The molecule has 20 heavy (non-hydrogen) atoms. The molecule has 1 aromatic carbocycles. The van der Waals surface area contributed by atoms with Crippen LogP contribution in [-0.2, 0) is 4.74 Å². The molecule has 0 aliphatic carbocycles. The van der Waals surface area contributed by atoms with Gasteiger partial charge in [-0.1, -0.05) is 24.3 Å². The van der Waals surface area contributed by atoms with Crippen LogP contribution in [0, 0.1) is 0 Å². The Morgan fingerprint density at radius 2 is 2.00 bits per heavy atom. The average Bonchev–Trinajstić information content (AvgIpc) is 2.45. The van der Waals surface area contributed by atoms with Gasteiger partial charge in [-0.25, -0.2) is 4.79 Å². The summed E-state index contributed by atoms with van der Waals surface area (Å²) in [5.41, 5.74) is 1.50. The number of aromatic hydroxyl groups is 1.